The van der Waals surface area contributed by atoms with Crippen LogP contribution in [-0.4, -0.2) is 17.3 Å². The number of methoxy groups -OCH3 is 1. The van der Waals surface area contributed by atoms with Gasteiger partial charge in [-0.05, 0) is 31.5 Å². The van der Waals surface area contributed by atoms with E-state index in [4.69, 9.17) is 4.74 Å². The molecular formula is C14H19N3O. The van der Waals surface area contributed by atoms with E-state index in [1.54, 1.807) is 7.11 Å². The molecule has 1 atom stereocenters. The van der Waals surface area contributed by atoms with Crippen molar-refractivity contribution in [3.8, 4) is 5.75 Å². The van der Waals surface area contributed by atoms with Gasteiger partial charge in [0, 0.05) is 23.8 Å². The summed E-state index contributed by atoms with van der Waals surface area (Å²) in [5, 5.41) is 10.4. The van der Waals surface area contributed by atoms with Crippen molar-refractivity contribution in [3.05, 3.63) is 47.3 Å². The van der Waals surface area contributed by atoms with Gasteiger partial charge in [0.15, 0.2) is 0 Å². The van der Waals surface area contributed by atoms with Crippen LogP contribution in [0.1, 0.15) is 29.8 Å². The van der Waals surface area contributed by atoms with Crippen molar-refractivity contribution in [1.82, 2.24) is 15.5 Å². The Labute approximate surface area is 107 Å². The monoisotopic (exact) mass is 245 g/mol. The summed E-state index contributed by atoms with van der Waals surface area (Å²) in [5.74, 6) is 0.886. The zero-order valence-electron chi connectivity index (χ0n) is 11.0. The van der Waals surface area contributed by atoms with Crippen molar-refractivity contribution in [2.75, 3.05) is 7.11 Å². The van der Waals surface area contributed by atoms with E-state index in [2.05, 4.69) is 34.6 Å². The number of rotatable bonds is 5. The molecule has 0 aliphatic carbocycles. The molecule has 0 amide bonds. The van der Waals surface area contributed by atoms with Crippen LogP contribution in [0.15, 0.2) is 30.5 Å². The molecule has 1 aromatic heterocycles. The standard InChI is InChI=1S/C14H19N3O/c1-10(12-4-6-14(18-3)7-5-12)15-8-13-9-16-17-11(13)2/h4-7,9-10,15H,8H2,1-3H3,(H,16,17)/t10-/m1/s1. The van der Waals surface area contributed by atoms with Crippen molar-refractivity contribution in [2.45, 2.75) is 26.4 Å². The molecule has 18 heavy (non-hydrogen) atoms. The molecule has 0 bridgehead atoms. The Morgan fingerprint density at radius 3 is 2.61 bits per heavy atom. The minimum Gasteiger partial charge on any atom is -0.497 e. The van der Waals surface area contributed by atoms with Crippen LogP contribution in [0.3, 0.4) is 0 Å². The minimum atomic E-state index is 0.296. The maximum atomic E-state index is 5.15. The maximum absolute atomic E-state index is 5.15. The van der Waals surface area contributed by atoms with Crippen LogP contribution in [0.4, 0.5) is 0 Å². The van der Waals surface area contributed by atoms with E-state index in [9.17, 15) is 0 Å². The van der Waals surface area contributed by atoms with Crippen molar-refractivity contribution in [2.24, 2.45) is 0 Å². The normalized spacial score (nSPS) is 12.4. The molecule has 0 radical (unpaired) electrons. The van der Waals surface area contributed by atoms with Gasteiger partial charge in [0.2, 0.25) is 0 Å². The molecule has 0 unspecified atom stereocenters. The minimum absolute atomic E-state index is 0.296. The topological polar surface area (TPSA) is 49.9 Å². The number of H-pyrrole nitrogens is 1. The van der Waals surface area contributed by atoms with E-state index in [0.717, 1.165) is 18.0 Å². The molecule has 2 N–H and O–H groups in total. The Morgan fingerprint density at radius 1 is 1.33 bits per heavy atom. The first-order valence-corrected chi connectivity index (χ1v) is 6.07. The molecule has 0 fully saturated rings. The molecule has 2 rings (SSSR count). The summed E-state index contributed by atoms with van der Waals surface area (Å²) in [6, 6.07) is 8.43. The van der Waals surface area contributed by atoms with E-state index in [-0.39, 0.29) is 0 Å². The Bertz CT molecular complexity index is 490. The molecule has 2 aromatic rings. The Kier molecular flexibility index (Phi) is 3.99. The number of hydrogen-bond acceptors (Lipinski definition) is 3. The first-order chi connectivity index (χ1) is 8.70. The summed E-state index contributed by atoms with van der Waals surface area (Å²) >= 11 is 0. The van der Waals surface area contributed by atoms with E-state index in [1.165, 1.54) is 11.1 Å². The van der Waals surface area contributed by atoms with Crippen molar-refractivity contribution in [1.29, 1.82) is 0 Å². The first kappa shape index (κ1) is 12.6. The number of ether oxygens (including phenoxy) is 1. The van der Waals surface area contributed by atoms with Gasteiger partial charge in [0.05, 0.1) is 13.3 Å². The van der Waals surface area contributed by atoms with Crippen molar-refractivity contribution < 1.29 is 4.74 Å². The quantitative estimate of drug-likeness (QED) is 0.851. The van der Waals surface area contributed by atoms with Crippen molar-refractivity contribution in [3.63, 3.8) is 0 Å². The Hall–Kier alpha value is -1.81. The fourth-order valence-corrected chi connectivity index (χ4v) is 1.83. The zero-order chi connectivity index (χ0) is 13.0. The second-order valence-corrected chi connectivity index (χ2v) is 4.40. The third-order valence-corrected chi connectivity index (χ3v) is 3.15. The summed E-state index contributed by atoms with van der Waals surface area (Å²) in [4.78, 5) is 0. The Balaban J connectivity index is 1.94. The van der Waals surface area contributed by atoms with Gasteiger partial charge in [-0.15, -0.1) is 0 Å². The zero-order valence-corrected chi connectivity index (χ0v) is 11.0. The fraction of sp³-hybridized carbons (Fsp3) is 0.357. The SMILES string of the molecule is COc1ccc([C@@H](C)NCc2cn[nH]c2C)cc1. The molecule has 0 saturated carbocycles. The average Bonchev–Trinajstić information content (AvgIpc) is 2.81. The van der Waals surface area contributed by atoms with E-state index < -0.39 is 0 Å². The van der Waals surface area contributed by atoms with Gasteiger partial charge in [-0.2, -0.15) is 5.10 Å². The average molecular weight is 245 g/mol. The summed E-state index contributed by atoms with van der Waals surface area (Å²) in [5.41, 5.74) is 3.57. The van der Waals surface area contributed by atoms with Crippen molar-refractivity contribution >= 4 is 0 Å². The number of nitrogens with one attached hydrogen (secondary N) is 2. The van der Waals surface area contributed by atoms with E-state index in [0.29, 0.717) is 6.04 Å². The second kappa shape index (κ2) is 5.69. The van der Waals surface area contributed by atoms with Crippen LogP contribution in [0.5, 0.6) is 5.75 Å². The van der Waals surface area contributed by atoms with Crippen LogP contribution >= 0.6 is 0 Å². The number of benzene rings is 1. The van der Waals surface area contributed by atoms with E-state index in [1.807, 2.05) is 25.3 Å². The molecule has 0 aliphatic rings. The van der Waals surface area contributed by atoms with E-state index >= 15 is 0 Å². The largest absolute Gasteiger partial charge is 0.497 e. The first-order valence-electron chi connectivity index (χ1n) is 6.07. The molecule has 4 heteroatoms. The molecule has 0 saturated heterocycles. The molecule has 0 aliphatic heterocycles. The fourth-order valence-electron chi connectivity index (χ4n) is 1.83. The molecular weight excluding hydrogens is 226 g/mol. The highest BCUT2D eigenvalue weighted by Crippen LogP contribution is 2.17. The molecule has 1 heterocycles. The Morgan fingerprint density at radius 2 is 2.06 bits per heavy atom. The van der Waals surface area contributed by atoms with Gasteiger partial charge in [0.1, 0.15) is 5.75 Å². The summed E-state index contributed by atoms with van der Waals surface area (Å²) in [6.45, 7) is 4.99. The summed E-state index contributed by atoms with van der Waals surface area (Å²) in [6.07, 6.45) is 1.86. The van der Waals surface area contributed by atoms with Crippen LogP contribution in [0, 0.1) is 6.92 Å². The molecule has 96 valence electrons. The van der Waals surface area contributed by atoms with Gasteiger partial charge >= 0.3 is 0 Å². The second-order valence-electron chi connectivity index (χ2n) is 4.40. The lowest BCUT2D eigenvalue weighted by Gasteiger charge is -2.14. The lowest BCUT2D eigenvalue weighted by atomic mass is 10.1. The number of aromatic amines is 1. The lowest BCUT2D eigenvalue weighted by Crippen LogP contribution is -2.18. The van der Waals surface area contributed by atoms with Crippen LogP contribution < -0.4 is 10.1 Å². The molecule has 4 nitrogen and oxygen atoms in total. The van der Waals surface area contributed by atoms with Gasteiger partial charge in [-0.25, -0.2) is 0 Å². The third-order valence-electron chi connectivity index (χ3n) is 3.15. The van der Waals surface area contributed by atoms with Gasteiger partial charge in [-0.1, -0.05) is 12.1 Å². The highest BCUT2D eigenvalue weighted by atomic mass is 16.5. The van der Waals surface area contributed by atoms with Crippen LogP contribution in [0.25, 0.3) is 0 Å². The number of aromatic nitrogens is 2. The predicted molar refractivity (Wildman–Crippen MR) is 71.6 cm³/mol. The number of nitrogens with zero attached hydrogens (tertiary/aromatic N) is 1. The number of aryl methyl sites for hydroxylation is 1. The maximum Gasteiger partial charge on any atom is 0.118 e. The summed E-state index contributed by atoms with van der Waals surface area (Å²) < 4.78 is 5.15. The number of hydrogen-bond donors (Lipinski definition) is 2. The van der Waals surface area contributed by atoms with Crippen LogP contribution in [-0.2, 0) is 6.54 Å². The van der Waals surface area contributed by atoms with Gasteiger partial charge in [-0.3, -0.25) is 5.10 Å². The smallest absolute Gasteiger partial charge is 0.118 e. The predicted octanol–water partition coefficient (Wildman–Crippen LogP) is 2.58. The molecule has 1 aromatic carbocycles. The third kappa shape index (κ3) is 2.90. The van der Waals surface area contributed by atoms with Gasteiger partial charge < -0.3 is 10.1 Å². The highest BCUT2D eigenvalue weighted by molar-refractivity contribution is 5.29. The lowest BCUT2D eigenvalue weighted by molar-refractivity contribution is 0.414. The van der Waals surface area contributed by atoms with Gasteiger partial charge in [0.25, 0.3) is 0 Å². The summed E-state index contributed by atoms with van der Waals surface area (Å²) in [7, 11) is 1.68. The molecule has 0 spiro atoms. The van der Waals surface area contributed by atoms with Crippen LogP contribution in [0.2, 0.25) is 0 Å². The highest BCUT2D eigenvalue weighted by Gasteiger charge is 2.06.